The predicted molar refractivity (Wildman–Crippen MR) is 103 cm³/mol. The van der Waals surface area contributed by atoms with Gasteiger partial charge in [-0.05, 0) is 40.8 Å². The fourth-order valence-electron chi connectivity index (χ4n) is 2.41. The van der Waals surface area contributed by atoms with Crippen LogP contribution in [0.1, 0.15) is 52.6 Å². The summed E-state index contributed by atoms with van der Waals surface area (Å²) < 4.78 is 0. The highest BCUT2D eigenvalue weighted by atomic mass is 16.4. The number of benzene rings is 2. The molecule has 142 valence electrons. The molecule has 3 N–H and O–H groups in total. The van der Waals surface area contributed by atoms with Crippen LogP contribution in [0.4, 0.5) is 0 Å². The first-order chi connectivity index (χ1) is 12.7. The Morgan fingerprint density at radius 2 is 1.41 bits per heavy atom. The molecule has 0 heterocycles. The first kappa shape index (κ1) is 20.2. The Bertz CT molecular complexity index is 819. The van der Waals surface area contributed by atoms with Crippen LogP contribution in [0.2, 0.25) is 0 Å². The van der Waals surface area contributed by atoms with E-state index in [9.17, 15) is 14.4 Å². The van der Waals surface area contributed by atoms with Crippen LogP contribution in [-0.4, -0.2) is 29.4 Å². The fourth-order valence-corrected chi connectivity index (χ4v) is 2.41. The van der Waals surface area contributed by atoms with Crippen LogP contribution < -0.4 is 10.6 Å². The molecule has 0 spiro atoms. The van der Waals surface area contributed by atoms with Crippen LogP contribution in [0.3, 0.4) is 0 Å². The molecule has 27 heavy (non-hydrogen) atoms. The maximum atomic E-state index is 12.1. The van der Waals surface area contributed by atoms with Crippen LogP contribution in [-0.2, 0) is 16.8 Å². The van der Waals surface area contributed by atoms with Crippen molar-refractivity contribution in [3.05, 3.63) is 70.8 Å². The summed E-state index contributed by atoms with van der Waals surface area (Å²) in [4.78, 5) is 34.8. The Hall–Kier alpha value is -3.15. The Morgan fingerprint density at radius 3 is 1.93 bits per heavy atom. The third kappa shape index (κ3) is 5.95. The standard InChI is InChI=1S/C21H24N2O4/c1-21(2,3)17-10-8-15(9-11-17)19(25)23-13-18(24)22-12-14-4-6-16(7-5-14)20(26)27/h4-11H,12-13H2,1-3H3,(H,22,24)(H,23,25)(H,26,27). The second-order valence-corrected chi connectivity index (χ2v) is 7.29. The smallest absolute Gasteiger partial charge is 0.335 e. The summed E-state index contributed by atoms with van der Waals surface area (Å²) in [7, 11) is 0. The SMILES string of the molecule is CC(C)(C)c1ccc(C(=O)NCC(=O)NCc2ccc(C(=O)O)cc2)cc1. The molecule has 2 rings (SSSR count). The van der Waals surface area contributed by atoms with E-state index in [0.29, 0.717) is 5.56 Å². The molecule has 6 heteroatoms. The molecule has 0 aliphatic rings. The minimum absolute atomic E-state index is 0.0115. The van der Waals surface area contributed by atoms with E-state index in [1.165, 1.54) is 12.1 Å². The summed E-state index contributed by atoms with van der Waals surface area (Å²) in [6.45, 7) is 6.42. The molecule has 0 aliphatic heterocycles. The largest absolute Gasteiger partial charge is 0.478 e. The monoisotopic (exact) mass is 368 g/mol. The van der Waals surface area contributed by atoms with Crippen molar-refractivity contribution in [3.8, 4) is 0 Å². The lowest BCUT2D eigenvalue weighted by atomic mass is 9.87. The van der Waals surface area contributed by atoms with E-state index >= 15 is 0 Å². The minimum Gasteiger partial charge on any atom is -0.478 e. The maximum absolute atomic E-state index is 12.1. The highest BCUT2D eigenvalue weighted by Crippen LogP contribution is 2.22. The van der Waals surface area contributed by atoms with Crippen molar-refractivity contribution in [2.45, 2.75) is 32.7 Å². The molecule has 2 amide bonds. The molecule has 0 aromatic heterocycles. The van der Waals surface area contributed by atoms with E-state index < -0.39 is 5.97 Å². The highest BCUT2D eigenvalue weighted by Gasteiger charge is 2.14. The predicted octanol–water partition coefficient (Wildman–Crippen LogP) is 2.73. The number of carboxylic acid groups (broad SMARTS) is 1. The van der Waals surface area contributed by atoms with Crippen LogP contribution in [0, 0.1) is 0 Å². The van der Waals surface area contributed by atoms with Crippen molar-refractivity contribution >= 4 is 17.8 Å². The zero-order valence-electron chi connectivity index (χ0n) is 15.7. The number of nitrogens with one attached hydrogen (secondary N) is 2. The van der Waals surface area contributed by atoms with Gasteiger partial charge in [-0.25, -0.2) is 4.79 Å². The average Bonchev–Trinajstić information content (AvgIpc) is 2.64. The summed E-state index contributed by atoms with van der Waals surface area (Å²) in [5.41, 5.74) is 2.61. The molecule has 0 bridgehead atoms. The Kier molecular flexibility index (Phi) is 6.34. The molecule has 0 radical (unpaired) electrons. The minimum atomic E-state index is -0.996. The third-order valence-corrected chi connectivity index (χ3v) is 4.11. The molecule has 6 nitrogen and oxygen atoms in total. The van der Waals surface area contributed by atoms with Gasteiger partial charge in [0.2, 0.25) is 5.91 Å². The summed E-state index contributed by atoms with van der Waals surface area (Å²) in [6.07, 6.45) is 0. The molecule has 2 aromatic carbocycles. The van der Waals surface area contributed by atoms with E-state index in [0.717, 1.165) is 11.1 Å². The van der Waals surface area contributed by atoms with Crippen LogP contribution in [0.5, 0.6) is 0 Å². The molecule has 0 saturated heterocycles. The van der Waals surface area contributed by atoms with Gasteiger partial charge in [-0.1, -0.05) is 45.0 Å². The molecular formula is C21H24N2O4. The lowest BCUT2D eigenvalue weighted by Gasteiger charge is -2.19. The van der Waals surface area contributed by atoms with Crippen molar-refractivity contribution in [3.63, 3.8) is 0 Å². The van der Waals surface area contributed by atoms with Crippen molar-refractivity contribution < 1.29 is 19.5 Å². The van der Waals surface area contributed by atoms with Gasteiger partial charge in [0.1, 0.15) is 0 Å². The van der Waals surface area contributed by atoms with Gasteiger partial charge in [-0.2, -0.15) is 0 Å². The number of hydrogen-bond acceptors (Lipinski definition) is 3. The summed E-state index contributed by atoms with van der Waals surface area (Å²) >= 11 is 0. The van der Waals surface area contributed by atoms with Gasteiger partial charge in [0.15, 0.2) is 0 Å². The first-order valence-corrected chi connectivity index (χ1v) is 8.64. The number of carbonyl (C=O) groups is 3. The van der Waals surface area contributed by atoms with Gasteiger partial charge in [0, 0.05) is 12.1 Å². The topological polar surface area (TPSA) is 95.5 Å². The average molecular weight is 368 g/mol. The van der Waals surface area contributed by atoms with Gasteiger partial charge in [-0.15, -0.1) is 0 Å². The second-order valence-electron chi connectivity index (χ2n) is 7.29. The van der Waals surface area contributed by atoms with Crippen LogP contribution >= 0.6 is 0 Å². The van der Waals surface area contributed by atoms with E-state index in [4.69, 9.17) is 5.11 Å². The van der Waals surface area contributed by atoms with Crippen LogP contribution in [0.25, 0.3) is 0 Å². The Balaban J connectivity index is 1.81. The van der Waals surface area contributed by atoms with Crippen LogP contribution in [0.15, 0.2) is 48.5 Å². The number of aromatic carboxylic acids is 1. The summed E-state index contributed by atoms with van der Waals surface area (Å²) in [5.74, 6) is -1.63. The number of carbonyl (C=O) groups excluding carboxylic acids is 2. The molecule has 0 fully saturated rings. The quantitative estimate of drug-likeness (QED) is 0.730. The highest BCUT2D eigenvalue weighted by molar-refractivity contribution is 5.96. The van der Waals surface area contributed by atoms with Crippen molar-refractivity contribution in [2.24, 2.45) is 0 Å². The molecule has 0 saturated carbocycles. The Morgan fingerprint density at radius 1 is 0.852 bits per heavy atom. The molecule has 0 aliphatic carbocycles. The number of rotatable bonds is 6. The van der Waals surface area contributed by atoms with Gasteiger partial charge >= 0.3 is 5.97 Å². The van der Waals surface area contributed by atoms with Crippen molar-refractivity contribution in [1.82, 2.24) is 10.6 Å². The lowest BCUT2D eigenvalue weighted by molar-refractivity contribution is -0.120. The Labute approximate surface area is 158 Å². The summed E-state index contributed by atoms with van der Waals surface area (Å²) in [6, 6.07) is 13.6. The molecule has 2 aromatic rings. The fraction of sp³-hybridized carbons (Fsp3) is 0.286. The van der Waals surface area contributed by atoms with Gasteiger partial charge < -0.3 is 15.7 Å². The normalized spacial score (nSPS) is 10.9. The van der Waals surface area contributed by atoms with E-state index in [-0.39, 0.29) is 35.9 Å². The van der Waals surface area contributed by atoms with Gasteiger partial charge in [0.25, 0.3) is 5.91 Å². The first-order valence-electron chi connectivity index (χ1n) is 8.64. The number of hydrogen-bond donors (Lipinski definition) is 3. The summed E-state index contributed by atoms with van der Waals surface area (Å²) in [5, 5.41) is 14.1. The number of carboxylic acids is 1. The molecule has 0 atom stereocenters. The van der Waals surface area contributed by atoms with E-state index in [1.54, 1.807) is 24.3 Å². The van der Waals surface area contributed by atoms with E-state index in [2.05, 4.69) is 31.4 Å². The molecular weight excluding hydrogens is 344 g/mol. The number of amides is 2. The third-order valence-electron chi connectivity index (χ3n) is 4.11. The maximum Gasteiger partial charge on any atom is 0.335 e. The van der Waals surface area contributed by atoms with Gasteiger partial charge in [0.05, 0.1) is 12.1 Å². The van der Waals surface area contributed by atoms with E-state index in [1.807, 2.05) is 12.1 Å². The van der Waals surface area contributed by atoms with Crippen molar-refractivity contribution in [1.29, 1.82) is 0 Å². The second kappa shape index (κ2) is 8.49. The van der Waals surface area contributed by atoms with Crippen molar-refractivity contribution in [2.75, 3.05) is 6.54 Å². The zero-order chi connectivity index (χ0) is 20.0. The molecule has 0 unspecified atom stereocenters. The zero-order valence-corrected chi connectivity index (χ0v) is 15.7. The van der Waals surface area contributed by atoms with Gasteiger partial charge in [-0.3, -0.25) is 9.59 Å². The lowest BCUT2D eigenvalue weighted by Crippen LogP contribution is -2.36.